The van der Waals surface area contributed by atoms with E-state index in [2.05, 4.69) is 39.1 Å². The van der Waals surface area contributed by atoms with E-state index in [4.69, 9.17) is 4.74 Å². The van der Waals surface area contributed by atoms with Gasteiger partial charge in [0.2, 0.25) is 5.91 Å². The molecule has 0 bridgehead atoms. The van der Waals surface area contributed by atoms with Crippen LogP contribution in [0.5, 0.6) is 0 Å². The minimum atomic E-state index is -0.0625. The number of benzene rings is 1. The summed E-state index contributed by atoms with van der Waals surface area (Å²) < 4.78 is 7.68. The van der Waals surface area contributed by atoms with Crippen LogP contribution in [0.25, 0.3) is 16.7 Å². The largest absolute Gasteiger partial charge is 0.376 e. The fraction of sp³-hybridized carbons (Fsp3) is 0.263. The summed E-state index contributed by atoms with van der Waals surface area (Å²) in [7, 11) is 1.70. The molecule has 3 aromatic rings. The quantitative estimate of drug-likeness (QED) is 0.803. The van der Waals surface area contributed by atoms with Crippen LogP contribution < -0.4 is 5.32 Å². The Labute approximate surface area is 140 Å². The number of carbonyl (C=O) groups excluding carboxylic acids is 1. The van der Waals surface area contributed by atoms with Gasteiger partial charge in [-0.05, 0) is 55.3 Å². The Bertz CT molecular complexity index is 959. The Balaban J connectivity index is 1.98. The maximum absolute atomic E-state index is 11.7. The van der Waals surface area contributed by atoms with E-state index in [0.29, 0.717) is 6.42 Å². The normalized spacial score (nSPS) is 14.7. The molecule has 4 rings (SSSR count). The summed E-state index contributed by atoms with van der Waals surface area (Å²) in [6.45, 7) is 4.04. The molecule has 5 nitrogen and oxygen atoms in total. The van der Waals surface area contributed by atoms with Gasteiger partial charge in [0.25, 0.3) is 0 Å². The molecule has 0 aliphatic carbocycles. The number of carbonyl (C=O) groups is 1. The number of hydrogen-bond acceptors (Lipinski definition) is 3. The van der Waals surface area contributed by atoms with Crippen LogP contribution in [0.15, 0.2) is 36.5 Å². The Morgan fingerprint density at radius 2 is 2.17 bits per heavy atom. The first-order valence-electron chi connectivity index (χ1n) is 8.01. The molecule has 1 atom stereocenters. The lowest BCUT2D eigenvalue weighted by atomic mass is 10.1. The van der Waals surface area contributed by atoms with Gasteiger partial charge in [-0.1, -0.05) is 0 Å². The molecule has 1 aromatic carbocycles. The summed E-state index contributed by atoms with van der Waals surface area (Å²) in [5, 5.41) is 4.01. The molecule has 2 aromatic heterocycles. The average molecular weight is 321 g/mol. The number of fused-ring (bicyclic) bond motifs is 2. The zero-order valence-corrected chi connectivity index (χ0v) is 14.0. The first kappa shape index (κ1) is 14.9. The molecule has 0 saturated carbocycles. The summed E-state index contributed by atoms with van der Waals surface area (Å²) in [4.78, 5) is 16.3. The molecule has 3 heterocycles. The second-order valence-electron chi connectivity index (χ2n) is 6.22. The van der Waals surface area contributed by atoms with Crippen molar-refractivity contribution in [2.45, 2.75) is 26.4 Å². The van der Waals surface area contributed by atoms with E-state index in [1.54, 1.807) is 13.3 Å². The van der Waals surface area contributed by atoms with Gasteiger partial charge in [0, 0.05) is 30.1 Å². The molecule has 5 heteroatoms. The monoisotopic (exact) mass is 321 g/mol. The summed E-state index contributed by atoms with van der Waals surface area (Å²) in [6, 6.07) is 10.3. The van der Waals surface area contributed by atoms with Crippen molar-refractivity contribution in [2.75, 3.05) is 12.4 Å². The van der Waals surface area contributed by atoms with E-state index in [9.17, 15) is 4.79 Å². The van der Waals surface area contributed by atoms with E-state index in [-0.39, 0.29) is 12.0 Å². The third-order valence-corrected chi connectivity index (χ3v) is 4.64. The maximum Gasteiger partial charge on any atom is 0.228 e. The molecule has 0 fully saturated rings. The number of amides is 1. The number of ether oxygens (including phenoxy) is 1. The summed E-state index contributed by atoms with van der Waals surface area (Å²) in [6.07, 6.45) is 2.16. The number of nitrogens with zero attached hydrogens (tertiary/aromatic N) is 2. The Morgan fingerprint density at radius 3 is 2.96 bits per heavy atom. The molecule has 1 unspecified atom stereocenters. The van der Waals surface area contributed by atoms with Crippen LogP contribution in [-0.4, -0.2) is 22.6 Å². The van der Waals surface area contributed by atoms with Crippen molar-refractivity contribution in [1.82, 2.24) is 9.55 Å². The minimum absolute atomic E-state index is 0.0474. The molecule has 122 valence electrons. The van der Waals surface area contributed by atoms with Gasteiger partial charge in [0.05, 0.1) is 18.2 Å². The highest BCUT2D eigenvalue weighted by atomic mass is 16.5. The number of aromatic nitrogens is 2. The van der Waals surface area contributed by atoms with Crippen LogP contribution in [0.4, 0.5) is 5.69 Å². The van der Waals surface area contributed by atoms with Crippen LogP contribution in [-0.2, 0) is 16.0 Å². The van der Waals surface area contributed by atoms with Crippen LogP contribution in [0.3, 0.4) is 0 Å². The SMILES string of the molecule is COC(C)c1cc2cccnc2n1-c1cc(C)c2c(c1)CC(=O)N2. The Hall–Kier alpha value is -2.66. The van der Waals surface area contributed by atoms with E-state index in [1.165, 1.54) is 0 Å². The van der Waals surface area contributed by atoms with Crippen LogP contribution in [0, 0.1) is 6.92 Å². The molecule has 1 aliphatic heterocycles. The first-order chi connectivity index (χ1) is 11.6. The topological polar surface area (TPSA) is 56.2 Å². The van der Waals surface area contributed by atoms with Crippen molar-refractivity contribution in [3.63, 3.8) is 0 Å². The van der Waals surface area contributed by atoms with E-state index < -0.39 is 0 Å². The first-order valence-corrected chi connectivity index (χ1v) is 8.01. The molecule has 1 aliphatic rings. The van der Waals surface area contributed by atoms with E-state index >= 15 is 0 Å². The van der Waals surface area contributed by atoms with Gasteiger partial charge in [-0.15, -0.1) is 0 Å². The van der Waals surface area contributed by atoms with Gasteiger partial charge in [0.1, 0.15) is 5.65 Å². The maximum atomic E-state index is 11.7. The van der Waals surface area contributed by atoms with Crippen molar-refractivity contribution < 1.29 is 9.53 Å². The number of methoxy groups -OCH3 is 1. The molecular formula is C19H19N3O2. The number of aryl methyl sites for hydroxylation is 1. The average Bonchev–Trinajstić information content (AvgIpc) is 3.14. The minimum Gasteiger partial charge on any atom is -0.376 e. The lowest BCUT2D eigenvalue weighted by molar-refractivity contribution is -0.115. The number of nitrogens with one attached hydrogen (secondary N) is 1. The number of pyridine rings is 1. The third-order valence-electron chi connectivity index (χ3n) is 4.64. The fourth-order valence-electron chi connectivity index (χ4n) is 3.39. The van der Waals surface area contributed by atoms with Crippen LogP contribution in [0.2, 0.25) is 0 Å². The second kappa shape index (κ2) is 5.46. The van der Waals surface area contributed by atoms with Crippen LogP contribution >= 0.6 is 0 Å². The fourth-order valence-corrected chi connectivity index (χ4v) is 3.39. The molecule has 1 N–H and O–H groups in total. The summed E-state index contributed by atoms with van der Waals surface area (Å²) in [5.41, 5.74) is 5.98. The summed E-state index contributed by atoms with van der Waals surface area (Å²) in [5.74, 6) is 0.0474. The highest BCUT2D eigenvalue weighted by Gasteiger charge is 2.23. The van der Waals surface area contributed by atoms with Crippen LogP contribution in [0.1, 0.15) is 29.8 Å². The zero-order valence-electron chi connectivity index (χ0n) is 14.0. The van der Waals surface area contributed by atoms with Gasteiger partial charge in [-0.25, -0.2) is 4.98 Å². The molecule has 0 saturated heterocycles. The van der Waals surface area contributed by atoms with Crippen molar-refractivity contribution in [3.05, 3.63) is 53.3 Å². The lowest BCUT2D eigenvalue weighted by Crippen LogP contribution is -2.07. The molecule has 1 amide bonds. The number of hydrogen-bond donors (Lipinski definition) is 1. The molecular weight excluding hydrogens is 302 g/mol. The third kappa shape index (κ3) is 2.20. The van der Waals surface area contributed by atoms with Crippen molar-refractivity contribution in [2.24, 2.45) is 0 Å². The standard InChI is InChI=1S/C19H19N3O2/c1-11-7-15(8-14-10-17(23)21-18(11)14)22-16(12(2)24-3)9-13-5-4-6-20-19(13)22/h4-9,12H,10H2,1-3H3,(H,21,23). The van der Waals surface area contributed by atoms with Crippen molar-refractivity contribution in [3.8, 4) is 5.69 Å². The highest BCUT2D eigenvalue weighted by Crippen LogP contribution is 2.33. The Kier molecular flexibility index (Phi) is 3.39. The summed E-state index contributed by atoms with van der Waals surface area (Å²) >= 11 is 0. The van der Waals surface area contributed by atoms with Gasteiger partial charge >= 0.3 is 0 Å². The van der Waals surface area contributed by atoms with Crippen molar-refractivity contribution >= 4 is 22.6 Å². The van der Waals surface area contributed by atoms with Gasteiger partial charge < -0.3 is 10.1 Å². The van der Waals surface area contributed by atoms with Gasteiger partial charge in [0.15, 0.2) is 0 Å². The highest BCUT2D eigenvalue weighted by molar-refractivity contribution is 6.00. The Morgan fingerprint density at radius 1 is 1.33 bits per heavy atom. The smallest absolute Gasteiger partial charge is 0.228 e. The molecule has 0 radical (unpaired) electrons. The molecule has 24 heavy (non-hydrogen) atoms. The van der Waals surface area contributed by atoms with Crippen molar-refractivity contribution in [1.29, 1.82) is 0 Å². The van der Waals surface area contributed by atoms with Gasteiger partial charge in [-0.2, -0.15) is 0 Å². The lowest BCUT2D eigenvalue weighted by Gasteiger charge is -2.16. The number of rotatable bonds is 3. The zero-order chi connectivity index (χ0) is 16.8. The second-order valence-corrected chi connectivity index (χ2v) is 6.22. The van der Waals surface area contributed by atoms with E-state index in [1.807, 2.05) is 19.9 Å². The van der Waals surface area contributed by atoms with E-state index in [0.717, 1.165) is 39.2 Å². The predicted molar refractivity (Wildman–Crippen MR) is 93.6 cm³/mol. The molecule has 0 spiro atoms. The number of anilines is 1. The predicted octanol–water partition coefficient (Wildman–Crippen LogP) is 3.54. The van der Waals surface area contributed by atoms with Gasteiger partial charge in [-0.3, -0.25) is 9.36 Å².